The highest BCUT2D eigenvalue weighted by Gasteiger charge is 2.45. The zero-order valence-corrected chi connectivity index (χ0v) is 15.0. The molecule has 0 atom stereocenters. The van der Waals surface area contributed by atoms with Crippen LogP contribution in [0.25, 0.3) is 17.1 Å². The molecular weight excluding hydrogens is 428 g/mol. The van der Waals surface area contributed by atoms with Crippen LogP contribution in [-0.2, 0) is 17.1 Å². The Morgan fingerprint density at radius 2 is 1.57 bits per heavy atom. The van der Waals surface area contributed by atoms with Gasteiger partial charge in [-0.1, -0.05) is 0 Å². The summed E-state index contributed by atoms with van der Waals surface area (Å²) in [6, 6.07) is 0.926. The Kier molecular flexibility index (Phi) is 5.11. The molecule has 30 heavy (non-hydrogen) atoms. The number of likely N-dealkylation sites (tertiary alicyclic amines) is 1. The Hall–Kier alpha value is -2.99. The minimum Gasteiger partial charge on any atom is -0.327 e. The number of rotatable bonds is 3. The fourth-order valence-corrected chi connectivity index (χ4v) is 2.65. The van der Waals surface area contributed by atoms with E-state index < -0.39 is 59.8 Å². The predicted octanol–water partition coefficient (Wildman–Crippen LogP) is 4.32. The van der Waals surface area contributed by atoms with E-state index in [0.29, 0.717) is 12.1 Å². The average Bonchev–Trinajstić information content (AvgIpc) is 3.08. The van der Waals surface area contributed by atoms with E-state index in [1.807, 2.05) is 0 Å². The maximum atomic E-state index is 13.0. The largest absolute Gasteiger partial charge is 0.416 e. The number of hydrogen-bond acceptors (Lipinski definition) is 3. The highest BCUT2D eigenvalue weighted by molar-refractivity contribution is 5.92. The third-order valence-electron chi connectivity index (χ3n) is 4.19. The van der Waals surface area contributed by atoms with E-state index in [9.17, 15) is 39.9 Å². The van der Waals surface area contributed by atoms with E-state index in [1.165, 1.54) is 6.92 Å². The standard InChI is InChI=1S/C17H12F8N4O/c1-9(2-13(30)28-6-15(18,19)7-28)29-8-26-14(27-29)10-3-11(16(20,21)22)5-12(4-10)17(23,24)25/h2-5,8H,6-7H2,1H3/b9-2-. The molecule has 5 nitrogen and oxygen atoms in total. The maximum Gasteiger partial charge on any atom is 0.416 e. The molecule has 1 aliphatic heterocycles. The summed E-state index contributed by atoms with van der Waals surface area (Å²) < 4.78 is 104. The van der Waals surface area contributed by atoms with Gasteiger partial charge in [0.2, 0.25) is 5.91 Å². The Bertz CT molecular complexity index is 966. The molecule has 0 unspecified atom stereocenters. The molecule has 13 heteroatoms. The van der Waals surface area contributed by atoms with Gasteiger partial charge in [-0.2, -0.15) is 26.3 Å². The first-order chi connectivity index (χ1) is 13.7. The fraction of sp³-hybridized carbons (Fsp3) is 0.353. The second-order valence-corrected chi connectivity index (χ2v) is 6.64. The SMILES string of the molecule is C/C(=C/C(=O)N1CC(F)(F)C1)n1cnc(-c2cc(C(F)(F)F)cc(C(F)(F)F)c2)n1. The van der Waals surface area contributed by atoms with Gasteiger partial charge in [0.15, 0.2) is 5.82 Å². The van der Waals surface area contributed by atoms with Crippen molar-refractivity contribution < 1.29 is 39.9 Å². The van der Waals surface area contributed by atoms with Crippen molar-refractivity contribution in [3.05, 3.63) is 41.7 Å². The van der Waals surface area contributed by atoms with E-state index in [1.54, 1.807) is 0 Å². The molecule has 0 N–H and O–H groups in total. The van der Waals surface area contributed by atoms with Crippen LogP contribution in [0.4, 0.5) is 35.1 Å². The Balaban J connectivity index is 1.90. The molecule has 3 rings (SSSR count). The molecule has 1 amide bonds. The van der Waals surface area contributed by atoms with E-state index in [0.717, 1.165) is 22.0 Å². The van der Waals surface area contributed by atoms with Gasteiger partial charge in [0, 0.05) is 17.3 Å². The van der Waals surface area contributed by atoms with Crippen LogP contribution in [0.5, 0.6) is 0 Å². The number of amides is 1. The normalized spacial score (nSPS) is 17.1. The summed E-state index contributed by atoms with van der Waals surface area (Å²) in [6.45, 7) is -0.146. The molecule has 0 saturated carbocycles. The molecule has 1 fully saturated rings. The fourth-order valence-electron chi connectivity index (χ4n) is 2.65. The van der Waals surface area contributed by atoms with Crippen molar-refractivity contribution in [2.45, 2.75) is 25.2 Å². The summed E-state index contributed by atoms with van der Waals surface area (Å²) in [5.74, 6) is -4.14. The van der Waals surface area contributed by atoms with Crippen LogP contribution in [0.2, 0.25) is 0 Å². The Labute approximate surface area is 163 Å². The van der Waals surface area contributed by atoms with Crippen molar-refractivity contribution in [3.8, 4) is 11.4 Å². The summed E-state index contributed by atoms with van der Waals surface area (Å²) in [5, 5.41) is 3.80. The maximum absolute atomic E-state index is 13.0. The number of benzene rings is 1. The van der Waals surface area contributed by atoms with Crippen molar-refractivity contribution >= 4 is 11.6 Å². The average molecular weight is 440 g/mol. The zero-order valence-electron chi connectivity index (χ0n) is 15.0. The van der Waals surface area contributed by atoms with Gasteiger partial charge in [-0.3, -0.25) is 4.79 Å². The number of alkyl halides is 8. The zero-order chi connectivity index (χ0) is 22.5. The second kappa shape index (κ2) is 7.06. The van der Waals surface area contributed by atoms with E-state index in [4.69, 9.17) is 0 Å². The first-order valence-electron chi connectivity index (χ1n) is 8.23. The quantitative estimate of drug-likeness (QED) is 0.528. The summed E-state index contributed by atoms with van der Waals surface area (Å²) in [4.78, 5) is 16.4. The highest BCUT2D eigenvalue weighted by atomic mass is 19.4. The third-order valence-corrected chi connectivity index (χ3v) is 4.19. The van der Waals surface area contributed by atoms with Crippen molar-refractivity contribution in [2.24, 2.45) is 0 Å². The predicted molar refractivity (Wildman–Crippen MR) is 86.9 cm³/mol. The van der Waals surface area contributed by atoms with E-state index >= 15 is 0 Å². The molecule has 1 saturated heterocycles. The van der Waals surface area contributed by atoms with Crippen LogP contribution in [0.1, 0.15) is 18.1 Å². The van der Waals surface area contributed by atoms with E-state index in [-0.39, 0.29) is 11.8 Å². The molecule has 2 aromatic rings. The van der Waals surface area contributed by atoms with Crippen molar-refractivity contribution in [3.63, 3.8) is 0 Å². The van der Waals surface area contributed by atoms with Crippen LogP contribution in [0.15, 0.2) is 30.6 Å². The lowest BCUT2D eigenvalue weighted by Crippen LogP contribution is -2.58. The van der Waals surface area contributed by atoms with Gasteiger partial charge >= 0.3 is 12.4 Å². The minimum absolute atomic E-state index is 0.0207. The molecule has 162 valence electrons. The lowest BCUT2D eigenvalue weighted by Gasteiger charge is -2.38. The molecule has 0 bridgehead atoms. The monoisotopic (exact) mass is 440 g/mol. The third kappa shape index (κ3) is 4.60. The first kappa shape index (κ1) is 21.7. The number of hydrogen-bond donors (Lipinski definition) is 0. The number of carbonyl (C=O) groups is 1. The molecule has 2 heterocycles. The number of allylic oxidation sites excluding steroid dienone is 1. The molecule has 1 aliphatic rings. The van der Waals surface area contributed by atoms with Crippen LogP contribution in [0.3, 0.4) is 0 Å². The summed E-state index contributed by atoms with van der Waals surface area (Å²) in [6.07, 6.45) is -8.12. The van der Waals surface area contributed by atoms with Crippen molar-refractivity contribution in [1.82, 2.24) is 19.7 Å². The van der Waals surface area contributed by atoms with Crippen LogP contribution < -0.4 is 0 Å². The van der Waals surface area contributed by atoms with Crippen molar-refractivity contribution in [1.29, 1.82) is 0 Å². The number of aromatic nitrogens is 3. The van der Waals surface area contributed by atoms with Crippen LogP contribution >= 0.6 is 0 Å². The lowest BCUT2D eigenvalue weighted by atomic mass is 10.0. The molecule has 1 aromatic carbocycles. The van der Waals surface area contributed by atoms with Gasteiger partial charge in [0.1, 0.15) is 6.33 Å². The van der Waals surface area contributed by atoms with Gasteiger partial charge in [0.25, 0.3) is 5.92 Å². The number of carbonyl (C=O) groups excluding carboxylic acids is 1. The van der Waals surface area contributed by atoms with Gasteiger partial charge in [-0.05, 0) is 25.1 Å². The van der Waals surface area contributed by atoms with Crippen molar-refractivity contribution in [2.75, 3.05) is 13.1 Å². The van der Waals surface area contributed by atoms with Gasteiger partial charge < -0.3 is 4.90 Å². The minimum atomic E-state index is -5.03. The second-order valence-electron chi connectivity index (χ2n) is 6.64. The van der Waals surface area contributed by atoms with Crippen LogP contribution in [-0.4, -0.2) is 44.6 Å². The molecule has 0 radical (unpaired) electrons. The summed E-state index contributed by atoms with van der Waals surface area (Å²) in [5.41, 5.74) is -3.50. The Morgan fingerprint density at radius 3 is 2.03 bits per heavy atom. The first-order valence-corrected chi connectivity index (χ1v) is 8.23. The molecule has 0 spiro atoms. The summed E-state index contributed by atoms with van der Waals surface area (Å²) in [7, 11) is 0. The van der Waals surface area contributed by atoms with Crippen LogP contribution in [0, 0.1) is 0 Å². The lowest BCUT2D eigenvalue weighted by molar-refractivity contribution is -0.160. The molecule has 1 aromatic heterocycles. The summed E-state index contributed by atoms with van der Waals surface area (Å²) >= 11 is 0. The number of halogens is 8. The van der Waals surface area contributed by atoms with Gasteiger partial charge in [-0.15, -0.1) is 5.10 Å². The van der Waals surface area contributed by atoms with Gasteiger partial charge in [-0.25, -0.2) is 18.4 Å². The molecular formula is C17H12F8N4O. The Morgan fingerprint density at radius 1 is 1.03 bits per heavy atom. The smallest absolute Gasteiger partial charge is 0.327 e. The topological polar surface area (TPSA) is 51.0 Å². The highest BCUT2D eigenvalue weighted by Crippen LogP contribution is 2.38. The van der Waals surface area contributed by atoms with E-state index in [2.05, 4.69) is 10.1 Å². The number of nitrogens with zero attached hydrogens (tertiary/aromatic N) is 4. The van der Waals surface area contributed by atoms with Gasteiger partial charge in [0.05, 0.1) is 24.2 Å². The molecule has 0 aliphatic carbocycles.